The summed E-state index contributed by atoms with van der Waals surface area (Å²) in [5.74, 6) is -1.66. The van der Waals surface area contributed by atoms with E-state index in [2.05, 4.69) is 26.1 Å². The Morgan fingerprint density at radius 1 is 0.963 bits per heavy atom. The third-order valence-corrected chi connectivity index (χ3v) is 5.22. The van der Waals surface area contributed by atoms with Gasteiger partial charge < -0.3 is 15.2 Å². The molecule has 0 unspecified atom stereocenters. The number of carboxylic acids is 1. The van der Waals surface area contributed by atoms with E-state index in [1.807, 2.05) is 42.5 Å². The number of nitrogens with one attached hydrogen (secondary N) is 1. The van der Waals surface area contributed by atoms with E-state index in [4.69, 9.17) is 0 Å². The average molecular weight is 378 g/mol. The van der Waals surface area contributed by atoms with Gasteiger partial charge in [-0.25, -0.2) is 0 Å². The highest BCUT2D eigenvalue weighted by atomic mass is 32.1. The summed E-state index contributed by atoms with van der Waals surface area (Å²) in [5, 5.41) is 16.4. The summed E-state index contributed by atoms with van der Waals surface area (Å²) in [6.07, 6.45) is 0. The number of benzene rings is 2. The molecule has 1 heterocycles. The molecule has 0 fully saturated rings. The lowest BCUT2D eigenvalue weighted by molar-refractivity contribution is -0.254. The van der Waals surface area contributed by atoms with E-state index in [-0.39, 0.29) is 21.9 Å². The van der Waals surface area contributed by atoms with Crippen LogP contribution >= 0.6 is 11.3 Å². The van der Waals surface area contributed by atoms with Gasteiger partial charge in [-0.05, 0) is 28.7 Å². The van der Waals surface area contributed by atoms with Crippen molar-refractivity contribution < 1.29 is 14.7 Å². The van der Waals surface area contributed by atoms with Crippen LogP contribution in [0, 0.1) is 0 Å². The van der Waals surface area contributed by atoms with Crippen LogP contribution in [0.15, 0.2) is 60.0 Å². The van der Waals surface area contributed by atoms with Crippen LogP contribution in [-0.2, 0) is 5.41 Å². The van der Waals surface area contributed by atoms with Crippen molar-refractivity contribution in [2.24, 2.45) is 0 Å². The van der Waals surface area contributed by atoms with Crippen LogP contribution in [0.5, 0.6) is 0 Å². The first-order chi connectivity index (χ1) is 12.8. The highest BCUT2D eigenvalue weighted by Gasteiger charge is 2.18. The number of hydrogen-bond donors (Lipinski definition) is 1. The number of hydrogen-bond acceptors (Lipinski definition) is 4. The summed E-state index contributed by atoms with van der Waals surface area (Å²) in [7, 11) is 0. The Hall–Kier alpha value is -2.92. The maximum absolute atomic E-state index is 12.6. The number of carboxylic acid groups (broad SMARTS) is 1. The molecule has 0 saturated carbocycles. The van der Waals surface area contributed by atoms with Crippen LogP contribution < -0.4 is 10.4 Å². The number of anilines is 1. The molecule has 2 aromatic carbocycles. The number of carbonyl (C=O) groups excluding carboxylic acids is 2. The molecular formula is C22H20NO3S-. The van der Waals surface area contributed by atoms with Gasteiger partial charge in [-0.1, -0.05) is 63.2 Å². The highest BCUT2D eigenvalue weighted by Crippen LogP contribution is 2.35. The summed E-state index contributed by atoms with van der Waals surface area (Å²) in [6, 6.07) is 16.5. The second-order valence-electron chi connectivity index (χ2n) is 7.29. The number of aromatic carboxylic acids is 1. The molecule has 5 heteroatoms. The van der Waals surface area contributed by atoms with Gasteiger partial charge in [-0.15, -0.1) is 11.3 Å². The fourth-order valence-electron chi connectivity index (χ4n) is 2.78. The minimum atomic E-state index is -1.31. The molecule has 0 bridgehead atoms. The van der Waals surface area contributed by atoms with Crippen molar-refractivity contribution in [3.63, 3.8) is 0 Å². The van der Waals surface area contributed by atoms with Gasteiger partial charge in [-0.3, -0.25) is 4.79 Å². The summed E-state index contributed by atoms with van der Waals surface area (Å²) < 4.78 is 0. The van der Waals surface area contributed by atoms with Crippen LogP contribution in [0.25, 0.3) is 11.1 Å². The maximum atomic E-state index is 12.6. The molecule has 138 valence electrons. The topological polar surface area (TPSA) is 69.2 Å². The first-order valence-corrected chi connectivity index (χ1v) is 9.45. The molecule has 0 atom stereocenters. The van der Waals surface area contributed by atoms with E-state index in [0.717, 1.165) is 11.1 Å². The van der Waals surface area contributed by atoms with Crippen molar-refractivity contribution in [1.29, 1.82) is 0 Å². The van der Waals surface area contributed by atoms with Crippen molar-refractivity contribution >= 4 is 28.2 Å². The van der Waals surface area contributed by atoms with Crippen LogP contribution in [0.4, 0.5) is 5.00 Å². The van der Waals surface area contributed by atoms with Gasteiger partial charge in [0, 0.05) is 22.1 Å². The second kappa shape index (κ2) is 7.37. The molecule has 3 aromatic rings. The Labute approximate surface area is 162 Å². The molecule has 4 nitrogen and oxygen atoms in total. The van der Waals surface area contributed by atoms with Gasteiger partial charge in [0.05, 0.1) is 5.97 Å². The monoisotopic (exact) mass is 378 g/mol. The van der Waals surface area contributed by atoms with Crippen molar-refractivity contribution in [3.05, 3.63) is 76.7 Å². The van der Waals surface area contributed by atoms with Crippen LogP contribution in [0.3, 0.4) is 0 Å². The standard InChI is InChI=1S/C22H21NO3S/c1-22(2,3)16-11-9-15(10-12-16)19(24)23-20-18(21(25)26)17(13-27-20)14-7-5-4-6-8-14/h4-13H,1-3H3,(H,23,24)(H,25,26)/p-1. The van der Waals surface area contributed by atoms with Crippen LogP contribution in [0.2, 0.25) is 0 Å². The maximum Gasteiger partial charge on any atom is 0.256 e. The minimum absolute atomic E-state index is 0.00447. The number of amides is 1. The Bertz CT molecular complexity index is 967. The second-order valence-corrected chi connectivity index (χ2v) is 8.17. The van der Waals surface area contributed by atoms with Gasteiger partial charge in [-0.2, -0.15) is 0 Å². The lowest BCUT2D eigenvalue weighted by atomic mass is 9.87. The zero-order valence-corrected chi connectivity index (χ0v) is 16.2. The molecule has 1 N–H and O–H groups in total. The van der Waals surface area contributed by atoms with Crippen molar-refractivity contribution in [2.75, 3.05) is 5.32 Å². The smallest absolute Gasteiger partial charge is 0.256 e. The third kappa shape index (κ3) is 4.09. The Morgan fingerprint density at radius 3 is 2.15 bits per heavy atom. The van der Waals surface area contributed by atoms with Crippen molar-refractivity contribution in [2.45, 2.75) is 26.2 Å². The van der Waals surface area contributed by atoms with Crippen LogP contribution in [-0.4, -0.2) is 11.9 Å². The van der Waals surface area contributed by atoms with Gasteiger partial charge in [0.25, 0.3) is 5.91 Å². The van der Waals surface area contributed by atoms with E-state index >= 15 is 0 Å². The zero-order chi connectivity index (χ0) is 19.6. The van der Waals surface area contributed by atoms with Gasteiger partial charge in [0.15, 0.2) is 0 Å². The Morgan fingerprint density at radius 2 is 1.59 bits per heavy atom. The largest absolute Gasteiger partial charge is 0.545 e. The zero-order valence-electron chi connectivity index (χ0n) is 15.4. The average Bonchev–Trinajstić information content (AvgIpc) is 3.05. The molecule has 3 rings (SSSR count). The van der Waals surface area contributed by atoms with E-state index < -0.39 is 5.97 Å². The molecule has 1 aromatic heterocycles. The molecule has 0 aliphatic rings. The van der Waals surface area contributed by atoms with Gasteiger partial charge >= 0.3 is 0 Å². The normalized spacial score (nSPS) is 11.2. The molecule has 1 amide bonds. The van der Waals surface area contributed by atoms with E-state index in [1.165, 1.54) is 11.3 Å². The van der Waals surface area contributed by atoms with Crippen molar-refractivity contribution in [1.82, 2.24) is 0 Å². The van der Waals surface area contributed by atoms with E-state index in [9.17, 15) is 14.7 Å². The minimum Gasteiger partial charge on any atom is -0.545 e. The summed E-state index contributed by atoms with van der Waals surface area (Å²) >= 11 is 1.18. The first-order valence-electron chi connectivity index (χ1n) is 8.57. The van der Waals surface area contributed by atoms with Gasteiger partial charge in [0.2, 0.25) is 0 Å². The predicted octanol–water partition coefficient (Wildman–Crippen LogP) is 4.33. The molecular weight excluding hydrogens is 358 g/mol. The number of rotatable bonds is 4. The van der Waals surface area contributed by atoms with Crippen LogP contribution in [0.1, 0.15) is 47.1 Å². The summed E-state index contributed by atoms with van der Waals surface area (Å²) in [6.45, 7) is 6.31. The van der Waals surface area contributed by atoms with Crippen molar-refractivity contribution in [3.8, 4) is 11.1 Å². The predicted molar refractivity (Wildman–Crippen MR) is 107 cm³/mol. The molecule has 0 radical (unpaired) electrons. The molecule has 0 aliphatic carbocycles. The summed E-state index contributed by atoms with van der Waals surface area (Å²) in [4.78, 5) is 24.3. The Balaban J connectivity index is 1.88. The molecule has 0 spiro atoms. The lowest BCUT2D eigenvalue weighted by Crippen LogP contribution is -2.24. The number of carbonyl (C=O) groups is 2. The number of thiophene rings is 1. The quantitative estimate of drug-likeness (QED) is 0.735. The first kappa shape index (κ1) is 18.9. The molecule has 0 aliphatic heterocycles. The summed E-state index contributed by atoms with van der Waals surface area (Å²) in [5.41, 5.74) is 2.90. The SMILES string of the molecule is CC(C)(C)c1ccc(C(=O)Nc2scc(-c3ccccc3)c2C(=O)[O-])cc1. The Kier molecular flexibility index (Phi) is 5.15. The third-order valence-electron chi connectivity index (χ3n) is 4.32. The van der Waals surface area contributed by atoms with E-state index in [0.29, 0.717) is 11.1 Å². The highest BCUT2D eigenvalue weighted by molar-refractivity contribution is 7.15. The van der Waals surface area contributed by atoms with Gasteiger partial charge in [0.1, 0.15) is 5.00 Å². The van der Waals surface area contributed by atoms with E-state index in [1.54, 1.807) is 17.5 Å². The fraction of sp³-hybridized carbons (Fsp3) is 0.182. The molecule has 27 heavy (non-hydrogen) atoms. The lowest BCUT2D eigenvalue weighted by Gasteiger charge is -2.19. The fourth-order valence-corrected chi connectivity index (χ4v) is 3.73. The molecule has 0 saturated heterocycles.